The second-order valence-electron chi connectivity index (χ2n) is 3.88. The van der Waals surface area contributed by atoms with Gasteiger partial charge in [0.05, 0.1) is 11.4 Å². The van der Waals surface area contributed by atoms with E-state index in [0.717, 1.165) is 28.4 Å². The smallest absolute Gasteiger partial charge is 0.0621 e. The third-order valence-corrected chi connectivity index (χ3v) is 3.00. The van der Waals surface area contributed by atoms with E-state index in [2.05, 4.69) is 12.2 Å². The molecule has 2 rings (SSSR count). The van der Waals surface area contributed by atoms with E-state index in [-0.39, 0.29) is 0 Å². The van der Waals surface area contributed by atoms with Gasteiger partial charge in [0.15, 0.2) is 0 Å². The molecule has 0 saturated carbocycles. The Bertz CT molecular complexity index is 509. The van der Waals surface area contributed by atoms with Crippen molar-refractivity contribution in [2.24, 2.45) is 0 Å². The van der Waals surface area contributed by atoms with E-state index < -0.39 is 0 Å². The number of para-hydroxylation sites is 1. The van der Waals surface area contributed by atoms with Crippen molar-refractivity contribution in [3.63, 3.8) is 0 Å². The van der Waals surface area contributed by atoms with E-state index in [9.17, 15) is 0 Å². The van der Waals surface area contributed by atoms with Crippen LogP contribution in [0.1, 0.15) is 12.5 Å². The third-order valence-electron chi connectivity index (χ3n) is 2.65. The van der Waals surface area contributed by atoms with Crippen LogP contribution in [-0.2, 0) is 6.42 Å². The minimum atomic E-state index is 0.663. The number of rotatable bonds is 3. The molecule has 0 aliphatic heterocycles. The zero-order chi connectivity index (χ0) is 12.3. The van der Waals surface area contributed by atoms with Crippen molar-refractivity contribution in [3.05, 3.63) is 53.1 Å². The summed E-state index contributed by atoms with van der Waals surface area (Å²) in [6.07, 6.45) is 0.891. The second-order valence-corrected chi connectivity index (χ2v) is 4.28. The molecule has 3 N–H and O–H groups in total. The molecule has 0 atom stereocenters. The SMILES string of the molecule is CCc1cc(Nc2ccccc2)c(N)cc1Cl. The zero-order valence-electron chi connectivity index (χ0n) is 9.70. The van der Waals surface area contributed by atoms with Crippen molar-refractivity contribution in [2.75, 3.05) is 11.1 Å². The molecule has 0 aromatic heterocycles. The highest BCUT2D eigenvalue weighted by Gasteiger charge is 2.05. The molecule has 2 nitrogen and oxygen atoms in total. The summed E-state index contributed by atoms with van der Waals surface area (Å²) in [5, 5.41) is 4.02. The predicted molar refractivity (Wildman–Crippen MR) is 75.0 cm³/mol. The molecule has 0 aliphatic rings. The van der Waals surface area contributed by atoms with Gasteiger partial charge < -0.3 is 11.1 Å². The second kappa shape index (κ2) is 5.11. The number of nitrogens with one attached hydrogen (secondary N) is 1. The van der Waals surface area contributed by atoms with Crippen LogP contribution in [0, 0.1) is 0 Å². The number of hydrogen-bond acceptors (Lipinski definition) is 2. The van der Waals surface area contributed by atoms with Crippen LogP contribution in [-0.4, -0.2) is 0 Å². The standard InChI is InChI=1S/C14H15ClN2/c1-2-10-8-14(13(16)9-12(10)15)17-11-6-4-3-5-7-11/h3-9,17H,2,16H2,1H3. The topological polar surface area (TPSA) is 38.0 Å². The molecule has 0 aliphatic carbocycles. The van der Waals surface area contributed by atoms with Gasteiger partial charge in [0.1, 0.15) is 0 Å². The third kappa shape index (κ3) is 2.71. The summed E-state index contributed by atoms with van der Waals surface area (Å²) < 4.78 is 0. The van der Waals surface area contributed by atoms with Crippen molar-refractivity contribution in [3.8, 4) is 0 Å². The van der Waals surface area contributed by atoms with E-state index in [4.69, 9.17) is 17.3 Å². The Labute approximate surface area is 106 Å². The molecular weight excluding hydrogens is 232 g/mol. The maximum absolute atomic E-state index is 6.10. The number of nitrogen functional groups attached to an aromatic ring is 1. The molecule has 88 valence electrons. The van der Waals surface area contributed by atoms with Crippen molar-refractivity contribution in [2.45, 2.75) is 13.3 Å². The number of nitrogens with two attached hydrogens (primary N) is 1. The van der Waals surface area contributed by atoms with Gasteiger partial charge in [0.2, 0.25) is 0 Å². The predicted octanol–water partition coefficient (Wildman–Crippen LogP) is 4.23. The number of benzene rings is 2. The maximum Gasteiger partial charge on any atom is 0.0621 e. The van der Waals surface area contributed by atoms with Gasteiger partial charge in [-0.3, -0.25) is 0 Å². The average Bonchev–Trinajstić information content (AvgIpc) is 2.34. The minimum absolute atomic E-state index is 0.663. The van der Waals surface area contributed by atoms with Crippen molar-refractivity contribution >= 4 is 28.7 Å². The van der Waals surface area contributed by atoms with Crippen LogP contribution in [0.15, 0.2) is 42.5 Å². The highest BCUT2D eigenvalue weighted by molar-refractivity contribution is 6.31. The molecule has 2 aromatic carbocycles. The summed E-state index contributed by atoms with van der Waals surface area (Å²) in [6.45, 7) is 2.07. The van der Waals surface area contributed by atoms with Gasteiger partial charge in [-0.15, -0.1) is 0 Å². The highest BCUT2D eigenvalue weighted by atomic mass is 35.5. The zero-order valence-corrected chi connectivity index (χ0v) is 10.5. The molecule has 17 heavy (non-hydrogen) atoms. The Morgan fingerprint density at radius 3 is 2.53 bits per heavy atom. The van der Waals surface area contributed by atoms with Gasteiger partial charge in [0, 0.05) is 10.7 Å². The van der Waals surface area contributed by atoms with Crippen LogP contribution in [0.4, 0.5) is 17.1 Å². The Balaban J connectivity index is 2.33. The number of halogens is 1. The van der Waals surface area contributed by atoms with Crippen LogP contribution in [0.25, 0.3) is 0 Å². The van der Waals surface area contributed by atoms with Crippen LogP contribution < -0.4 is 11.1 Å². The van der Waals surface area contributed by atoms with Gasteiger partial charge in [-0.1, -0.05) is 36.7 Å². The van der Waals surface area contributed by atoms with E-state index in [1.165, 1.54) is 0 Å². The summed E-state index contributed by atoms with van der Waals surface area (Å²) in [4.78, 5) is 0. The Morgan fingerprint density at radius 2 is 1.88 bits per heavy atom. The summed E-state index contributed by atoms with van der Waals surface area (Å²) in [5.41, 5.74) is 9.62. The lowest BCUT2D eigenvalue weighted by atomic mass is 10.1. The van der Waals surface area contributed by atoms with Crippen molar-refractivity contribution < 1.29 is 0 Å². The van der Waals surface area contributed by atoms with Crippen LogP contribution >= 0.6 is 11.6 Å². The monoisotopic (exact) mass is 246 g/mol. The van der Waals surface area contributed by atoms with Crippen molar-refractivity contribution in [1.29, 1.82) is 0 Å². The normalized spacial score (nSPS) is 10.2. The first-order valence-electron chi connectivity index (χ1n) is 5.60. The van der Waals surface area contributed by atoms with Gasteiger partial charge in [0.25, 0.3) is 0 Å². The van der Waals surface area contributed by atoms with Gasteiger partial charge in [-0.05, 0) is 36.2 Å². The first-order valence-corrected chi connectivity index (χ1v) is 5.98. The molecular formula is C14H15ClN2. The average molecular weight is 247 g/mol. The minimum Gasteiger partial charge on any atom is -0.397 e. The maximum atomic E-state index is 6.10. The molecule has 0 fully saturated rings. The molecule has 0 unspecified atom stereocenters. The molecule has 3 heteroatoms. The fourth-order valence-electron chi connectivity index (χ4n) is 1.69. The molecule has 0 heterocycles. The summed E-state index contributed by atoms with van der Waals surface area (Å²) in [5.74, 6) is 0. The van der Waals surface area contributed by atoms with E-state index in [1.807, 2.05) is 36.4 Å². The van der Waals surface area contributed by atoms with Gasteiger partial charge in [-0.2, -0.15) is 0 Å². The molecule has 0 saturated heterocycles. The lowest BCUT2D eigenvalue weighted by Crippen LogP contribution is -1.98. The lowest BCUT2D eigenvalue weighted by molar-refractivity contribution is 1.14. The number of hydrogen-bond donors (Lipinski definition) is 2. The molecule has 0 bridgehead atoms. The fourth-order valence-corrected chi connectivity index (χ4v) is 2.00. The van der Waals surface area contributed by atoms with Gasteiger partial charge in [-0.25, -0.2) is 0 Å². The van der Waals surface area contributed by atoms with Crippen LogP contribution in [0.3, 0.4) is 0 Å². The van der Waals surface area contributed by atoms with E-state index in [0.29, 0.717) is 5.69 Å². The Morgan fingerprint density at radius 1 is 1.18 bits per heavy atom. The molecule has 0 spiro atoms. The Hall–Kier alpha value is -1.67. The van der Waals surface area contributed by atoms with Crippen LogP contribution in [0.2, 0.25) is 5.02 Å². The highest BCUT2D eigenvalue weighted by Crippen LogP contribution is 2.29. The Kier molecular flexibility index (Phi) is 3.55. The van der Waals surface area contributed by atoms with Gasteiger partial charge >= 0.3 is 0 Å². The summed E-state index contributed by atoms with van der Waals surface area (Å²) in [7, 11) is 0. The van der Waals surface area contributed by atoms with E-state index in [1.54, 1.807) is 6.07 Å². The summed E-state index contributed by atoms with van der Waals surface area (Å²) >= 11 is 6.10. The largest absolute Gasteiger partial charge is 0.397 e. The number of anilines is 3. The molecule has 0 radical (unpaired) electrons. The first-order chi connectivity index (χ1) is 8.20. The molecule has 0 amide bonds. The summed E-state index contributed by atoms with van der Waals surface area (Å²) in [6, 6.07) is 13.7. The quantitative estimate of drug-likeness (QED) is 0.796. The van der Waals surface area contributed by atoms with E-state index >= 15 is 0 Å². The lowest BCUT2D eigenvalue weighted by Gasteiger charge is -2.12. The van der Waals surface area contributed by atoms with Crippen molar-refractivity contribution in [1.82, 2.24) is 0 Å². The fraction of sp³-hybridized carbons (Fsp3) is 0.143. The first kappa shape index (κ1) is 11.8. The van der Waals surface area contributed by atoms with Crippen LogP contribution in [0.5, 0.6) is 0 Å². The number of aryl methyl sites for hydroxylation is 1. The molecule has 2 aromatic rings.